The van der Waals surface area contributed by atoms with Crippen molar-refractivity contribution >= 4 is 23.6 Å². The molecule has 0 aromatic heterocycles. The molecule has 0 saturated carbocycles. The van der Waals surface area contributed by atoms with Crippen molar-refractivity contribution in [2.75, 3.05) is 5.75 Å². The molecule has 2 amide bonds. The van der Waals surface area contributed by atoms with E-state index in [9.17, 15) is 9.59 Å². The maximum Gasteiger partial charge on any atom is 0.243 e. The van der Waals surface area contributed by atoms with Crippen LogP contribution in [0.1, 0.15) is 48.1 Å². The Balaban J connectivity index is 1.84. The first-order valence-corrected chi connectivity index (χ1v) is 13.8. The van der Waals surface area contributed by atoms with Crippen molar-refractivity contribution in [2.45, 2.75) is 64.9 Å². The fraction of sp³-hybridized carbons (Fsp3) is 0.355. The molecule has 3 aromatic carbocycles. The van der Waals surface area contributed by atoms with E-state index in [1.165, 1.54) is 16.7 Å². The molecule has 2 unspecified atom stereocenters. The van der Waals surface area contributed by atoms with Crippen LogP contribution in [-0.2, 0) is 28.3 Å². The van der Waals surface area contributed by atoms with E-state index in [-0.39, 0.29) is 17.9 Å². The number of aryl methyl sites for hydroxylation is 2. The largest absolute Gasteiger partial charge is 0.352 e. The first-order valence-electron chi connectivity index (χ1n) is 12.7. The van der Waals surface area contributed by atoms with Crippen LogP contribution in [0, 0.1) is 13.8 Å². The van der Waals surface area contributed by atoms with Crippen LogP contribution in [0.15, 0.2) is 78.9 Å². The number of amides is 2. The fourth-order valence-electron chi connectivity index (χ4n) is 3.91. The Hall–Kier alpha value is -3.05. The monoisotopic (exact) mass is 502 g/mol. The summed E-state index contributed by atoms with van der Waals surface area (Å²) in [5, 5.41) is 3.13. The zero-order chi connectivity index (χ0) is 25.9. The fourth-order valence-corrected chi connectivity index (χ4v) is 4.78. The predicted octanol–water partition coefficient (Wildman–Crippen LogP) is 6.09. The summed E-state index contributed by atoms with van der Waals surface area (Å²) in [5.74, 6) is 0.958. The van der Waals surface area contributed by atoms with Gasteiger partial charge in [-0.05, 0) is 43.9 Å². The molecule has 36 heavy (non-hydrogen) atoms. The van der Waals surface area contributed by atoms with Gasteiger partial charge in [0.15, 0.2) is 0 Å². The van der Waals surface area contributed by atoms with Crippen molar-refractivity contribution in [2.24, 2.45) is 0 Å². The highest BCUT2D eigenvalue weighted by molar-refractivity contribution is 7.99. The van der Waals surface area contributed by atoms with Gasteiger partial charge in [0.25, 0.3) is 0 Å². The minimum absolute atomic E-state index is 0.0204. The maximum atomic E-state index is 13.7. The van der Waals surface area contributed by atoms with Crippen molar-refractivity contribution < 1.29 is 9.59 Å². The SMILES string of the molecule is CCC(C)NC(=O)C(Cc1ccccc1)N(Cc1ccc(C)cc1)C(=O)CSCc1ccc(C)cc1. The maximum absolute atomic E-state index is 13.7. The summed E-state index contributed by atoms with van der Waals surface area (Å²) in [4.78, 5) is 29.0. The Morgan fingerprint density at radius 2 is 1.42 bits per heavy atom. The molecule has 3 aromatic rings. The van der Waals surface area contributed by atoms with E-state index in [1.807, 2.05) is 63.2 Å². The van der Waals surface area contributed by atoms with Crippen LogP contribution in [0.4, 0.5) is 0 Å². The minimum Gasteiger partial charge on any atom is -0.352 e. The first kappa shape index (κ1) is 27.5. The summed E-state index contributed by atoms with van der Waals surface area (Å²) in [6.45, 7) is 8.57. The summed E-state index contributed by atoms with van der Waals surface area (Å²) >= 11 is 1.59. The van der Waals surface area contributed by atoms with Crippen LogP contribution in [0.2, 0.25) is 0 Å². The molecule has 3 rings (SSSR count). The highest BCUT2D eigenvalue weighted by Gasteiger charge is 2.30. The summed E-state index contributed by atoms with van der Waals surface area (Å²) in [7, 11) is 0. The van der Waals surface area contributed by atoms with E-state index in [0.29, 0.717) is 18.7 Å². The standard InChI is InChI=1S/C31H38N2O2S/c1-5-25(4)32-31(35)29(19-26-9-7-6-8-10-26)33(20-27-15-11-23(2)12-16-27)30(34)22-36-21-28-17-13-24(3)14-18-28/h6-18,25,29H,5,19-22H2,1-4H3,(H,32,35). The number of hydrogen-bond acceptors (Lipinski definition) is 3. The molecule has 5 heteroatoms. The molecular formula is C31H38N2O2S. The Kier molecular flexibility index (Phi) is 10.6. The molecule has 0 radical (unpaired) electrons. The van der Waals surface area contributed by atoms with Crippen molar-refractivity contribution in [1.82, 2.24) is 10.2 Å². The molecule has 0 aliphatic rings. The third-order valence-electron chi connectivity index (χ3n) is 6.36. The van der Waals surface area contributed by atoms with Crippen LogP contribution in [0.25, 0.3) is 0 Å². The zero-order valence-corrected chi connectivity index (χ0v) is 22.7. The van der Waals surface area contributed by atoms with E-state index < -0.39 is 6.04 Å². The number of benzene rings is 3. The van der Waals surface area contributed by atoms with Crippen molar-refractivity contribution in [3.8, 4) is 0 Å². The third kappa shape index (κ3) is 8.56. The second-order valence-electron chi connectivity index (χ2n) is 9.51. The van der Waals surface area contributed by atoms with E-state index in [0.717, 1.165) is 23.3 Å². The van der Waals surface area contributed by atoms with E-state index in [1.54, 1.807) is 16.7 Å². The number of carbonyl (C=O) groups is 2. The van der Waals surface area contributed by atoms with Crippen LogP contribution >= 0.6 is 11.8 Å². The van der Waals surface area contributed by atoms with E-state index >= 15 is 0 Å². The van der Waals surface area contributed by atoms with E-state index in [4.69, 9.17) is 0 Å². The molecule has 0 aliphatic carbocycles. The molecule has 2 atom stereocenters. The zero-order valence-electron chi connectivity index (χ0n) is 21.9. The van der Waals surface area contributed by atoms with Gasteiger partial charge in [0.1, 0.15) is 6.04 Å². The lowest BCUT2D eigenvalue weighted by Gasteiger charge is -2.32. The van der Waals surface area contributed by atoms with Gasteiger partial charge >= 0.3 is 0 Å². The van der Waals surface area contributed by atoms with Crippen molar-refractivity contribution in [1.29, 1.82) is 0 Å². The number of carbonyl (C=O) groups excluding carboxylic acids is 2. The number of nitrogens with one attached hydrogen (secondary N) is 1. The highest BCUT2D eigenvalue weighted by atomic mass is 32.2. The number of thioether (sulfide) groups is 1. The summed E-state index contributed by atoms with van der Waals surface area (Å²) in [5.41, 5.74) is 5.64. The van der Waals surface area contributed by atoms with Crippen molar-refractivity contribution in [3.63, 3.8) is 0 Å². The number of rotatable bonds is 12. The van der Waals surface area contributed by atoms with E-state index in [2.05, 4.69) is 48.6 Å². The van der Waals surface area contributed by atoms with Gasteiger partial charge in [-0.1, -0.05) is 96.9 Å². The quantitative estimate of drug-likeness (QED) is 0.326. The Bertz CT molecular complexity index is 1100. The van der Waals surface area contributed by atoms with Gasteiger partial charge < -0.3 is 10.2 Å². The van der Waals surface area contributed by atoms with Crippen LogP contribution in [0.3, 0.4) is 0 Å². The molecule has 1 N–H and O–H groups in total. The number of nitrogens with zero attached hydrogens (tertiary/aromatic N) is 1. The molecule has 0 fully saturated rings. The average Bonchev–Trinajstić information content (AvgIpc) is 2.88. The van der Waals surface area contributed by atoms with Gasteiger partial charge in [-0.2, -0.15) is 0 Å². The molecule has 0 aliphatic heterocycles. The van der Waals surface area contributed by atoms with Gasteiger partial charge in [0.05, 0.1) is 5.75 Å². The molecule has 4 nitrogen and oxygen atoms in total. The predicted molar refractivity (Wildman–Crippen MR) is 151 cm³/mol. The molecule has 0 heterocycles. The minimum atomic E-state index is -0.588. The molecule has 190 valence electrons. The topological polar surface area (TPSA) is 49.4 Å². The second kappa shape index (κ2) is 13.9. The molecule has 0 spiro atoms. The van der Waals surface area contributed by atoms with Gasteiger partial charge in [-0.25, -0.2) is 0 Å². The Labute approximate surface area is 220 Å². The van der Waals surface area contributed by atoms with Crippen molar-refractivity contribution in [3.05, 3.63) is 107 Å². The first-order chi connectivity index (χ1) is 17.4. The average molecular weight is 503 g/mol. The molecule has 0 saturated heterocycles. The second-order valence-corrected chi connectivity index (χ2v) is 10.5. The van der Waals surface area contributed by atoms with Crippen LogP contribution in [-0.4, -0.2) is 34.6 Å². The summed E-state index contributed by atoms with van der Waals surface area (Å²) < 4.78 is 0. The summed E-state index contributed by atoms with van der Waals surface area (Å²) in [6.07, 6.45) is 1.31. The Morgan fingerprint density at radius 3 is 2.00 bits per heavy atom. The molecule has 0 bridgehead atoms. The smallest absolute Gasteiger partial charge is 0.243 e. The Morgan fingerprint density at radius 1 is 0.833 bits per heavy atom. The van der Waals surface area contributed by atoms with Crippen LogP contribution < -0.4 is 5.32 Å². The lowest BCUT2D eigenvalue weighted by atomic mass is 10.0. The summed E-state index contributed by atoms with van der Waals surface area (Å²) in [6, 6.07) is 26.0. The van der Waals surface area contributed by atoms with Gasteiger partial charge in [-0.3, -0.25) is 9.59 Å². The van der Waals surface area contributed by atoms with Crippen LogP contribution in [0.5, 0.6) is 0 Å². The van der Waals surface area contributed by atoms with Gasteiger partial charge in [-0.15, -0.1) is 11.8 Å². The van der Waals surface area contributed by atoms with Gasteiger partial charge in [0.2, 0.25) is 11.8 Å². The highest BCUT2D eigenvalue weighted by Crippen LogP contribution is 2.19. The molecular weight excluding hydrogens is 464 g/mol. The van der Waals surface area contributed by atoms with Gasteiger partial charge in [0, 0.05) is 24.8 Å². The lowest BCUT2D eigenvalue weighted by Crippen LogP contribution is -2.52. The third-order valence-corrected chi connectivity index (χ3v) is 7.35. The lowest BCUT2D eigenvalue weighted by molar-refractivity contribution is -0.139. The number of hydrogen-bond donors (Lipinski definition) is 1. The normalized spacial score (nSPS) is 12.6.